The molecule has 9 nitrogen and oxygen atoms in total. The lowest BCUT2D eigenvalue weighted by Crippen LogP contribution is -2.47. The van der Waals surface area contributed by atoms with Crippen molar-refractivity contribution in [3.63, 3.8) is 0 Å². The Morgan fingerprint density at radius 2 is 1.43 bits per heavy atom. The molecule has 0 radical (unpaired) electrons. The lowest BCUT2D eigenvalue weighted by molar-refractivity contribution is -0.147. The summed E-state index contributed by atoms with van der Waals surface area (Å²) in [5.41, 5.74) is 0. The van der Waals surface area contributed by atoms with Crippen molar-refractivity contribution in [3.05, 3.63) is 48.5 Å². The van der Waals surface area contributed by atoms with Gasteiger partial charge in [-0.2, -0.15) is 0 Å². The average Bonchev–Trinajstić information content (AvgIpc) is 2.70. The molecule has 0 bridgehead atoms. The van der Waals surface area contributed by atoms with Crippen LogP contribution in [0.1, 0.15) is 20.3 Å². The van der Waals surface area contributed by atoms with Gasteiger partial charge in [0.1, 0.15) is 6.04 Å². The number of carboxylic acids is 1. The van der Waals surface area contributed by atoms with Crippen LogP contribution >= 0.6 is 0 Å². The number of hydrogen-bond acceptors (Lipinski definition) is 6. The van der Waals surface area contributed by atoms with E-state index in [9.17, 15) is 24.0 Å². The van der Waals surface area contributed by atoms with Crippen LogP contribution in [0.15, 0.2) is 48.5 Å². The SMILES string of the molecule is CC(=O)NCC(=O)NC(CC(=O)O)C(=O)COC(C)=O.c1ccc2ccccc2c1. The van der Waals surface area contributed by atoms with Crippen LogP contribution in [-0.4, -0.2) is 53.8 Å². The van der Waals surface area contributed by atoms with E-state index in [4.69, 9.17) is 5.11 Å². The number of esters is 1. The zero-order valence-electron chi connectivity index (χ0n) is 16.7. The third kappa shape index (κ3) is 9.98. The van der Waals surface area contributed by atoms with Crippen LogP contribution in [0.4, 0.5) is 0 Å². The van der Waals surface area contributed by atoms with Crippen molar-refractivity contribution in [2.24, 2.45) is 0 Å². The summed E-state index contributed by atoms with van der Waals surface area (Å²) in [6.45, 7) is 1.28. The molecule has 0 saturated heterocycles. The van der Waals surface area contributed by atoms with Crippen molar-refractivity contribution < 1.29 is 33.8 Å². The van der Waals surface area contributed by atoms with Gasteiger partial charge < -0.3 is 20.5 Å². The number of fused-ring (bicyclic) bond motifs is 1. The monoisotopic (exact) mass is 416 g/mol. The number of amides is 2. The Labute approximate surface area is 173 Å². The van der Waals surface area contributed by atoms with Crippen LogP contribution in [0.5, 0.6) is 0 Å². The number of rotatable bonds is 8. The van der Waals surface area contributed by atoms with E-state index in [2.05, 4.69) is 63.9 Å². The average molecular weight is 416 g/mol. The first-order chi connectivity index (χ1) is 14.2. The molecule has 9 heteroatoms. The molecule has 2 rings (SSSR count). The molecular weight excluding hydrogens is 392 g/mol. The fourth-order valence-corrected chi connectivity index (χ4v) is 2.28. The Morgan fingerprint density at radius 1 is 0.933 bits per heavy atom. The third-order valence-corrected chi connectivity index (χ3v) is 3.68. The number of ether oxygens (including phenoxy) is 1. The zero-order chi connectivity index (χ0) is 22.5. The number of Topliss-reactive ketones (excluding diaryl/α,β-unsaturated/α-hetero) is 1. The topological polar surface area (TPSA) is 139 Å². The van der Waals surface area contributed by atoms with Gasteiger partial charge in [-0.15, -0.1) is 0 Å². The first-order valence-electron chi connectivity index (χ1n) is 9.04. The third-order valence-electron chi connectivity index (χ3n) is 3.68. The summed E-state index contributed by atoms with van der Waals surface area (Å²) in [6, 6.07) is 15.4. The maximum Gasteiger partial charge on any atom is 0.305 e. The van der Waals surface area contributed by atoms with Crippen molar-refractivity contribution in [2.45, 2.75) is 26.3 Å². The Morgan fingerprint density at radius 3 is 1.83 bits per heavy atom. The number of benzene rings is 2. The van der Waals surface area contributed by atoms with Crippen LogP contribution in [0.25, 0.3) is 10.8 Å². The van der Waals surface area contributed by atoms with Gasteiger partial charge in [-0.25, -0.2) is 0 Å². The van der Waals surface area contributed by atoms with Gasteiger partial charge in [-0.1, -0.05) is 48.5 Å². The van der Waals surface area contributed by atoms with E-state index in [0.717, 1.165) is 6.92 Å². The minimum atomic E-state index is -1.33. The maximum absolute atomic E-state index is 11.6. The van der Waals surface area contributed by atoms with Crippen molar-refractivity contribution >= 4 is 40.3 Å². The Balaban J connectivity index is 0.000000367. The second-order valence-corrected chi connectivity index (χ2v) is 6.22. The molecule has 0 saturated carbocycles. The summed E-state index contributed by atoms with van der Waals surface area (Å²) >= 11 is 0. The predicted molar refractivity (Wildman–Crippen MR) is 108 cm³/mol. The van der Waals surface area contributed by atoms with Gasteiger partial charge in [0.2, 0.25) is 11.8 Å². The molecule has 3 N–H and O–H groups in total. The second-order valence-electron chi connectivity index (χ2n) is 6.22. The Kier molecular flexibility index (Phi) is 10.2. The second kappa shape index (κ2) is 12.7. The van der Waals surface area contributed by atoms with Gasteiger partial charge in [0, 0.05) is 13.8 Å². The lowest BCUT2D eigenvalue weighted by atomic mass is 10.1. The van der Waals surface area contributed by atoms with Gasteiger partial charge in [-0.3, -0.25) is 24.0 Å². The van der Waals surface area contributed by atoms with E-state index in [1.165, 1.54) is 17.7 Å². The molecule has 0 spiro atoms. The first kappa shape index (κ1) is 24.3. The van der Waals surface area contributed by atoms with Gasteiger partial charge in [-0.05, 0) is 10.8 Å². The fraction of sp³-hybridized carbons (Fsp3) is 0.286. The highest BCUT2D eigenvalue weighted by atomic mass is 16.5. The highest BCUT2D eigenvalue weighted by Gasteiger charge is 2.24. The van der Waals surface area contributed by atoms with Gasteiger partial charge in [0.15, 0.2) is 12.4 Å². The summed E-state index contributed by atoms with van der Waals surface area (Å²) in [5, 5.41) is 15.6. The molecule has 0 fully saturated rings. The van der Waals surface area contributed by atoms with Crippen molar-refractivity contribution in [1.82, 2.24) is 10.6 Å². The van der Waals surface area contributed by atoms with Crippen LogP contribution < -0.4 is 10.6 Å². The summed E-state index contributed by atoms with van der Waals surface area (Å²) in [5.74, 6) is -3.91. The van der Waals surface area contributed by atoms with Crippen LogP contribution in [0.3, 0.4) is 0 Å². The molecule has 2 aromatic carbocycles. The predicted octanol–water partition coefficient (Wildman–Crippen LogP) is 1.05. The largest absolute Gasteiger partial charge is 0.481 e. The summed E-state index contributed by atoms with van der Waals surface area (Å²) in [6.07, 6.45) is -0.647. The minimum absolute atomic E-state index is 0.383. The molecule has 1 unspecified atom stereocenters. The highest BCUT2D eigenvalue weighted by Crippen LogP contribution is 2.11. The number of aliphatic carboxylic acids is 1. The number of carboxylic acid groups (broad SMARTS) is 1. The molecule has 0 aliphatic heterocycles. The summed E-state index contributed by atoms with van der Waals surface area (Å²) in [4.78, 5) is 54.8. The zero-order valence-corrected chi connectivity index (χ0v) is 16.7. The van der Waals surface area contributed by atoms with Gasteiger partial charge in [0.25, 0.3) is 0 Å². The van der Waals surface area contributed by atoms with Gasteiger partial charge in [0.05, 0.1) is 13.0 Å². The molecule has 0 aromatic heterocycles. The van der Waals surface area contributed by atoms with E-state index in [-0.39, 0.29) is 6.54 Å². The molecule has 2 aromatic rings. The number of hydrogen-bond donors (Lipinski definition) is 3. The Bertz CT molecular complexity index is 846. The lowest BCUT2D eigenvalue weighted by Gasteiger charge is -2.15. The minimum Gasteiger partial charge on any atom is -0.481 e. The van der Waals surface area contributed by atoms with E-state index in [1.54, 1.807) is 0 Å². The van der Waals surface area contributed by atoms with E-state index in [0.29, 0.717) is 0 Å². The van der Waals surface area contributed by atoms with Crippen LogP contribution in [-0.2, 0) is 28.7 Å². The highest BCUT2D eigenvalue weighted by molar-refractivity contribution is 5.94. The van der Waals surface area contributed by atoms with Crippen LogP contribution in [0, 0.1) is 0 Å². The number of carbonyl (C=O) groups is 5. The van der Waals surface area contributed by atoms with E-state index < -0.39 is 48.6 Å². The Hall–Kier alpha value is -3.75. The first-order valence-corrected chi connectivity index (χ1v) is 9.04. The molecule has 0 aliphatic rings. The standard InChI is InChI=1S/C11H16N2O7.C10H8/c1-6(14)12-4-10(17)13-8(3-11(18)19)9(16)5-20-7(2)15;1-2-6-10-8-4-3-7-9(10)5-1/h8H,3-5H2,1-2H3,(H,12,14)(H,13,17)(H,18,19);1-8H. The summed E-state index contributed by atoms with van der Waals surface area (Å²) < 4.78 is 4.44. The van der Waals surface area contributed by atoms with Gasteiger partial charge >= 0.3 is 11.9 Å². The van der Waals surface area contributed by atoms with Crippen molar-refractivity contribution in [1.29, 1.82) is 0 Å². The number of nitrogens with one attached hydrogen (secondary N) is 2. The maximum atomic E-state index is 11.6. The van der Waals surface area contributed by atoms with Crippen molar-refractivity contribution in [3.8, 4) is 0 Å². The van der Waals surface area contributed by atoms with Crippen LogP contribution in [0.2, 0.25) is 0 Å². The number of ketones is 1. The molecular formula is C21H24N2O7. The fourth-order valence-electron chi connectivity index (χ4n) is 2.28. The quantitative estimate of drug-likeness (QED) is 0.547. The van der Waals surface area contributed by atoms with E-state index >= 15 is 0 Å². The molecule has 0 aliphatic carbocycles. The molecule has 30 heavy (non-hydrogen) atoms. The van der Waals surface area contributed by atoms with E-state index in [1.807, 2.05) is 0 Å². The summed E-state index contributed by atoms with van der Waals surface area (Å²) in [7, 11) is 0. The van der Waals surface area contributed by atoms with Crippen molar-refractivity contribution in [2.75, 3.05) is 13.2 Å². The smallest absolute Gasteiger partial charge is 0.305 e. The number of carbonyl (C=O) groups excluding carboxylic acids is 4. The molecule has 2 amide bonds. The molecule has 0 heterocycles. The normalized spacial score (nSPS) is 10.7. The molecule has 1 atom stereocenters. The molecule has 160 valence electrons.